The molecule has 0 unspecified atom stereocenters. The van der Waals surface area contributed by atoms with Crippen LogP contribution in [0.2, 0.25) is 0 Å². The van der Waals surface area contributed by atoms with E-state index in [0.717, 1.165) is 12.1 Å². The van der Waals surface area contributed by atoms with Gasteiger partial charge in [0.2, 0.25) is 5.88 Å². The Labute approximate surface area is 168 Å². The van der Waals surface area contributed by atoms with E-state index in [0.29, 0.717) is 0 Å². The number of rotatable bonds is 7. The molecule has 0 aliphatic carbocycles. The van der Waals surface area contributed by atoms with E-state index >= 15 is 0 Å². The number of nitro benzene ring substituents is 2. The highest BCUT2D eigenvalue weighted by Crippen LogP contribution is 2.31. The lowest BCUT2D eigenvalue weighted by molar-refractivity contribution is -0.394. The van der Waals surface area contributed by atoms with Crippen molar-refractivity contribution >= 4 is 35.0 Å². The molecule has 0 radical (unpaired) electrons. The first-order valence-electron chi connectivity index (χ1n) is 8.34. The third kappa shape index (κ3) is 4.09. The molecule has 3 N–H and O–H groups in total. The maximum atomic E-state index is 12.7. The van der Waals surface area contributed by atoms with Gasteiger partial charge in [0.1, 0.15) is 16.9 Å². The molecule has 0 aliphatic rings. The lowest BCUT2D eigenvalue weighted by atomic mass is 10.0. The Hall–Kier alpha value is -4.29. The normalized spacial score (nSPS) is 10.4. The van der Waals surface area contributed by atoms with Crippen LogP contribution in [0.3, 0.4) is 0 Å². The summed E-state index contributed by atoms with van der Waals surface area (Å²) in [5.74, 6) is -3.63. The quantitative estimate of drug-likeness (QED) is 0.383. The first-order chi connectivity index (χ1) is 14.0. The fourth-order valence-electron chi connectivity index (χ4n) is 2.70. The standard InChI is InChI=1S/C17H16N4O9/c1-4-29-17(24)12-8(3)30-16(13(12)14(18)22)19-15(23)10-5-9(20(25)26)6-11(7(10)2)21(27)28/h5-6H,4H2,1-3H3,(H2,18,22)(H,19,23). The minimum atomic E-state index is -1.10. The van der Waals surface area contributed by atoms with E-state index in [1.807, 2.05) is 0 Å². The fourth-order valence-corrected chi connectivity index (χ4v) is 2.70. The first-order valence-corrected chi connectivity index (χ1v) is 8.34. The zero-order chi connectivity index (χ0) is 22.7. The zero-order valence-corrected chi connectivity index (χ0v) is 16.0. The molecule has 0 saturated heterocycles. The first kappa shape index (κ1) is 22.0. The number of nitrogens with zero attached hydrogens (tertiary/aromatic N) is 2. The Morgan fingerprint density at radius 3 is 2.27 bits per heavy atom. The largest absolute Gasteiger partial charge is 0.462 e. The highest BCUT2D eigenvalue weighted by molar-refractivity contribution is 6.13. The van der Waals surface area contributed by atoms with Crippen LogP contribution in [0.15, 0.2) is 16.5 Å². The predicted octanol–water partition coefficient (Wildman–Crippen LogP) is 2.24. The molecule has 0 fully saturated rings. The summed E-state index contributed by atoms with van der Waals surface area (Å²) >= 11 is 0. The van der Waals surface area contributed by atoms with Crippen LogP contribution in [0.1, 0.15) is 49.3 Å². The van der Waals surface area contributed by atoms with Crippen molar-refractivity contribution in [2.45, 2.75) is 20.8 Å². The Kier molecular flexibility index (Phi) is 6.15. The van der Waals surface area contributed by atoms with Crippen LogP contribution in [0.5, 0.6) is 0 Å². The van der Waals surface area contributed by atoms with Crippen LogP contribution in [0.4, 0.5) is 17.3 Å². The van der Waals surface area contributed by atoms with Crippen LogP contribution in [-0.2, 0) is 4.74 Å². The monoisotopic (exact) mass is 420 g/mol. The van der Waals surface area contributed by atoms with Crippen LogP contribution in [0, 0.1) is 34.1 Å². The number of furan rings is 1. The number of carbonyl (C=O) groups excluding carboxylic acids is 3. The number of esters is 1. The second kappa shape index (κ2) is 8.38. The third-order valence-electron chi connectivity index (χ3n) is 4.05. The van der Waals surface area contributed by atoms with E-state index in [4.69, 9.17) is 14.9 Å². The average molecular weight is 420 g/mol. The molecule has 2 amide bonds. The highest BCUT2D eigenvalue weighted by Gasteiger charge is 2.31. The predicted molar refractivity (Wildman–Crippen MR) is 100 cm³/mol. The molecule has 2 rings (SSSR count). The molecule has 30 heavy (non-hydrogen) atoms. The number of benzene rings is 1. The molecular formula is C17H16N4O9. The number of hydrogen-bond acceptors (Lipinski definition) is 9. The molecule has 13 heteroatoms. The van der Waals surface area contributed by atoms with Gasteiger partial charge in [-0.1, -0.05) is 0 Å². The SMILES string of the molecule is CCOC(=O)c1c(C)oc(NC(=O)c2cc([N+](=O)[O-])cc([N+](=O)[O-])c2C)c1C(N)=O. The molecule has 0 atom stereocenters. The Bertz CT molecular complexity index is 1090. The fraction of sp³-hybridized carbons (Fsp3) is 0.235. The summed E-state index contributed by atoms with van der Waals surface area (Å²) in [6.07, 6.45) is 0. The topological polar surface area (TPSA) is 198 Å². The number of non-ortho nitro benzene ring substituents is 1. The lowest BCUT2D eigenvalue weighted by Crippen LogP contribution is -2.21. The van der Waals surface area contributed by atoms with E-state index in [-0.39, 0.29) is 23.5 Å². The molecular weight excluding hydrogens is 404 g/mol. The van der Waals surface area contributed by atoms with Crippen LogP contribution in [0.25, 0.3) is 0 Å². The number of carbonyl (C=O) groups is 3. The van der Waals surface area contributed by atoms with Crippen LogP contribution in [-0.4, -0.2) is 34.2 Å². The van der Waals surface area contributed by atoms with E-state index in [1.54, 1.807) is 0 Å². The number of anilines is 1. The van der Waals surface area contributed by atoms with Gasteiger partial charge in [-0.05, 0) is 20.8 Å². The molecule has 0 spiro atoms. The van der Waals surface area contributed by atoms with Crippen molar-refractivity contribution in [1.82, 2.24) is 0 Å². The van der Waals surface area contributed by atoms with Gasteiger partial charge in [-0.15, -0.1) is 0 Å². The van der Waals surface area contributed by atoms with Crippen molar-refractivity contribution in [3.8, 4) is 0 Å². The van der Waals surface area contributed by atoms with Gasteiger partial charge < -0.3 is 14.9 Å². The van der Waals surface area contributed by atoms with E-state index in [9.17, 15) is 34.6 Å². The molecule has 13 nitrogen and oxygen atoms in total. The van der Waals surface area contributed by atoms with E-state index in [1.165, 1.54) is 20.8 Å². The molecule has 0 bridgehead atoms. The van der Waals surface area contributed by atoms with Crippen molar-refractivity contribution in [3.63, 3.8) is 0 Å². The number of nitrogens with one attached hydrogen (secondary N) is 1. The molecule has 2 aromatic rings. The van der Waals surface area contributed by atoms with Crippen molar-refractivity contribution < 1.29 is 33.4 Å². The molecule has 1 aromatic heterocycles. The van der Waals surface area contributed by atoms with Gasteiger partial charge in [0, 0.05) is 11.6 Å². The summed E-state index contributed by atoms with van der Waals surface area (Å²) in [6, 6.07) is 1.56. The Morgan fingerprint density at radius 1 is 1.13 bits per heavy atom. The average Bonchev–Trinajstić information content (AvgIpc) is 2.97. The van der Waals surface area contributed by atoms with Gasteiger partial charge in [-0.3, -0.25) is 35.1 Å². The van der Waals surface area contributed by atoms with Gasteiger partial charge in [-0.2, -0.15) is 0 Å². The Morgan fingerprint density at radius 2 is 1.77 bits per heavy atom. The molecule has 1 heterocycles. The number of hydrogen-bond donors (Lipinski definition) is 2. The second-order valence-electron chi connectivity index (χ2n) is 5.93. The summed E-state index contributed by atoms with van der Waals surface area (Å²) in [4.78, 5) is 57.1. The van der Waals surface area contributed by atoms with Gasteiger partial charge in [0.15, 0.2) is 0 Å². The van der Waals surface area contributed by atoms with Gasteiger partial charge >= 0.3 is 5.97 Å². The summed E-state index contributed by atoms with van der Waals surface area (Å²) in [5, 5.41) is 24.4. The second-order valence-corrected chi connectivity index (χ2v) is 5.93. The number of nitro groups is 2. The van der Waals surface area contributed by atoms with Gasteiger partial charge in [0.25, 0.3) is 23.2 Å². The van der Waals surface area contributed by atoms with Crippen molar-refractivity contribution in [3.05, 3.63) is 60.4 Å². The van der Waals surface area contributed by atoms with E-state index in [2.05, 4.69) is 5.32 Å². The molecule has 0 aliphatic heterocycles. The Balaban J connectivity index is 2.57. The van der Waals surface area contributed by atoms with E-state index < -0.39 is 56.0 Å². The van der Waals surface area contributed by atoms with Crippen molar-refractivity contribution in [2.24, 2.45) is 5.73 Å². The number of primary amides is 1. The summed E-state index contributed by atoms with van der Waals surface area (Å²) in [7, 11) is 0. The highest BCUT2D eigenvalue weighted by atomic mass is 16.6. The number of ether oxygens (including phenoxy) is 1. The number of aryl methyl sites for hydroxylation is 1. The minimum Gasteiger partial charge on any atom is -0.462 e. The maximum absolute atomic E-state index is 12.7. The van der Waals surface area contributed by atoms with Gasteiger partial charge in [-0.25, -0.2) is 4.79 Å². The third-order valence-corrected chi connectivity index (χ3v) is 4.05. The maximum Gasteiger partial charge on any atom is 0.342 e. The number of nitrogens with two attached hydrogens (primary N) is 1. The minimum absolute atomic E-state index is 0.000107. The smallest absolute Gasteiger partial charge is 0.342 e. The van der Waals surface area contributed by atoms with Gasteiger partial charge in [0.05, 0.1) is 28.1 Å². The van der Waals surface area contributed by atoms with Crippen LogP contribution >= 0.6 is 0 Å². The zero-order valence-electron chi connectivity index (χ0n) is 16.0. The van der Waals surface area contributed by atoms with Crippen molar-refractivity contribution in [1.29, 1.82) is 0 Å². The van der Waals surface area contributed by atoms with Crippen LogP contribution < -0.4 is 11.1 Å². The molecule has 158 valence electrons. The summed E-state index contributed by atoms with van der Waals surface area (Å²) in [6.45, 7) is 4.10. The summed E-state index contributed by atoms with van der Waals surface area (Å²) in [5.41, 5.74) is 2.66. The lowest BCUT2D eigenvalue weighted by Gasteiger charge is -2.08. The molecule has 0 saturated carbocycles. The summed E-state index contributed by atoms with van der Waals surface area (Å²) < 4.78 is 10.1. The molecule has 1 aromatic carbocycles. The number of amides is 2. The van der Waals surface area contributed by atoms with Crippen molar-refractivity contribution in [2.75, 3.05) is 11.9 Å².